The molecule has 0 saturated carbocycles. The standard InChI is InChI=1S/C12H11O2/c1-13-10-6-7-11-9(8-10)4-3-5-12(11)14-2/h3-5,7-8H,1-2H3. The van der Waals surface area contributed by atoms with E-state index >= 15 is 0 Å². The molecule has 2 nitrogen and oxygen atoms in total. The van der Waals surface area contributed by atoms with Crippen LogP contribution >= 0.6 is 0 Å². The predicted molar refractivity (Wildman–Crippen MR) is 55.9 cm³/mol. The number of fused-ring (bicyclic) bond motifs is 1. The maximum atomic E-state index is 5.24. The zero-order valence-corrected chi connectivity index (χ0v) is 8.20. The zero-order valence-electron chi connectivity index (χ0n) is 8.20. The highest BCUT2D eigenvalue weighted by Crippen LogP contribution is 2.27. The van der Waals surface area contributed by atoms with Crippen LogP contribution in [0.4, 0.5) is 0 Å². The van der Waals surface area contributed by atoms with Crippen LogP contribution < -0.4 is 9.47 Å². The first-order chi connectivity index (χ1) is 6.85. The average molecular weight is 187 g/mol. The SMILES string of the molecule is COc1[c]cc2c(OC)cccc2c1. The highest BCUT2D eigenvalue weighted by molar-refractivity contribution is 5.89. The van der Waals surface area contributed by atoms with Gasteiger partial charge in [0.2, 0.25) is 0 Å². The van der Waals surface area contributed by atoms with Crippen molar-refractivity contribution >= 4 is 10.8 Å². The molecule has 2 rings (SSSR count). The van der Waals surface area contributed by atoms with E-state index in [-0.39, 0.29) is 0 Å². The van der Waals surface area contributed by atoms with Crippen LogP contribution in [0.1, 0.15) is 0 Å². The Labute approximate surface area is 83.1 Å². The van der Waals surface area contributed by atoms with Gasteiger partial charge in [-0.25, -0.2) is 0 Å². The molecule has 0 aromatic heterocycles. The van der Waals surface area contributed by atoms with Crippen LogP contribution in [-0.2, 0) is 0 Å². The number of hydrogen-bond acceptors (Lipinski definition) is 2. The summed E-state index contributed by atoms with van der Waals surface area (Å²) in [6, 6.07) is 12.8. The molecule has 2 heteroatoms. The molecule has 0 heterocycles. The number of ether oxygens (including phenoxy) is 2. The smallest absolute Gasteiger partial charge is 0.127 e. The van der Waals surface area contributed by atoms with Crippen molar-refractivity contribution < 1.29 is 9.47 Å². The van der Waals surface area contributed by atoms with Crippen molar-refractivity contribution in [1.29, 1.82) is 0 Å². The summed E-state index contributed by atoms with van der Waals surface area (Å²) in [5.74, 6) is 1.60. The fourth-order valence-electron chi connectivity index (χ4n) is 1.46. The molecule has 0 unspecified atom stereocenters. The van der Waals surface area contributed by atoms with E-state index < -0.39 is 0 Å². The lowest BCUT2D eigenvalue weighted by atomic mass is 10.1. The first-order valence-corrected chi connectivity index (χ1v) is 4.37. The van der Waals surface area contributed by atoms with Crippen LogP contribution in [0.3, 0.4) is 0 Å². The zero-order chi connectivity index (χ0) is 9.97. The molecule has 0 aliphatic rings. The van der Waals surface area contributed by atoms with Gasteiger partial charge in [-0.1, -0.05) is 12.1 Å². The number of hydrogen-bond donors (Lipinski definition) is 0. The van der Waals surface area contributed by atoms with E-state index in [1.54, 1.807) is 14.2 Å². The van der Waals surface area contributed by atoms with E-state index in [9.17, 15) is 0 Å². The van der Waals surface area contributed by atoms with Crippen LogP contribution in [0.5, 0.6) is 11.5 Å². The Hall–Kier alpha value is -1.70. The van der Waals surface area contributed by atoms with Gasteiger partial charge >= 0.3 is 0 Å². The first-order valence-electron chi connectivity index (χ1n) is 4.37. The number of rotatable bonds is 2. The van der Waals surface area contributed by atoms with Gasteiger partial charge in [0.1, 0.15) is 11.5 Å². The Balaban J connectivity index is 2.67. The second-order valence-corrected chi connectivity index (χ2v) is 2.96. The van der Waals surface area contributed by atoms with Crippen molar-refractivity contribution in [2.45, 2.75) is 0 Å². The molecule has 0 spiro atoms. The van der Waals surface area contributed by atoms with Gasteiger partial charge in [-0.2, -0.15) is 0 Å². The normalized spacial score (nSPS) is 10.1. The summed E-state index contributed by atoms with van der Waals surface area (Å²) in [5.41, 5.74) is 0. The summed E-state index contributed by atoms with van der Waals surface area (Å²) in [7, 11) is 3.30. The highest BCUT2D eigenvalue weighted by atomic mass is 16.5. The molecule has 14 heavy (non-hydrogen) atoms. The van der Waals surface area contributed by atoms with Gasteiger partial charge in [0.05, 0.1) is 14.2 Å². The molecule has 0 saturated heterocycles. The Morgan fingerprint density at radius 2 is 2.00 bits per heavy atom. The monoisotopic (exact) mass is 187 g/mol. The van der Waals surface area contributed by atoms with E-state index in [1.165, 1.54) is 0 Å². The van der Waals surface area contributed by atoms with Crippen LogP contribution in [-0.4, -0.2) is 14.2 Å². The molecule has 0 amide bonds. The van der Waals surface area contributed by atoms with Gasteiger partial charge in [0, 0.05) is 11.5 Å². The average Bonchev–Trinajstić information content (AvgIpc) is 2.27. The Kier molecular flexibility index (Phi) is 2.27. The molecule has 71 valence electrons. The summed E-state index contributed by atoms with van der Waals surface area (Å²) in [6.07, 6.45) is 0. The molecule has 2 aromatic rings. The molecular formula is C12H11O2. The molecule has 2 aromatic carbocycles. The fourth-order valence-corrected chi connectivity index (χ4v) is 1.46. The van der Waals surface area contributed by atoms with E-state index in [0.29, 0.717) is 0 Å². The van der Waals surface area contributed by atoms with E-state index in [1.807, 2.05) is 30.3 Å². The predicted octanol–water partition coefficient (Wildman–Crippen LogP) is 2.66. The van der Waals surface area contributed by atoms with Gasteiger partial charge in [0.15, 0.2) is 0 Å². The molecule has 0 aliphatic heterocycles. The van der Waals surface area contributed by atoms with Crippen molar-refractivity contribution in [3.05, 3.63) is 36.4 Å². The lowest BCUT2D eigenvalue weighted by molar-refractivity contribution is 0.413. The highest BCUT2D eigenvalue weighted by Gasteiger charge is 2.01. The van der Waals surface area contributed by atoms with Crippen molar-refractivity contribution in [2.75, 3.05) is 14.2 Å². The maximum absolute atomic E-state index is 5.24. The summed E-state index contributed by atoms with van der Waals surface area (Å²) in [6.45, 7) is 0. The van der Waals surface area contributed by atoms with Crippen LogP contribution in [0.2, 0.25) is 0 Å². The lowest BCUT2D eigenvalue weighted by Crippen LogP contribution is -1.86. The summed E-state index contributed by atoms with van der Waals surface area (Å²) >= 11 is 0. The Morgan fingerprint density at radius 1 is 1.14 bits per heavy atom. The van der Waals surface area contributed by atoms with E-state index in [0.717, 1.165) is 22.3 Å². The Morgan fingerprint density at radius 3 is 2.71 bits per heavy atom. The third kappa shape index (κ3) is 1.39. The first kappa shape index (κ1) is 8.88. The second-order valence-electron chi connectivity index (χ2n) is 2.96. The largest absolute Gasteiger partial charge is 0.496 e. The third-order valence-electron chi connectivity index (χ3n) is 2.19. The molecular weight excluding hydrogens is 176 g/mol. The topological polar surface area (TPSA) is 18.5 Å². The molecule has 0 aliphatic carbocycles. The van der Waals surface area contributed by atoms with Crippen LogP contribution in [0.25, 0.3) is 10.8 Å². The number of methoxy groups -OCH3 is 2. The summed E-state index contributed by atoms with van der Waals surface area (Å²) < 4.78 is 10.3. The minimum absolute atomic E-state index is 0.741. The third-order valence-corrected chi connectivity index (χ3v) is 2.19. The maximum Gasteiger partial charge on any atom is 0.127 e. The van der Waals surface area contributed by atoms with Crippen molar-refractivity contribution in [2.24, 2.45) is 0 Å². The van der Waals surface area contributed by atoms with E-state index in [4.69, 9.17) is 9.47 Å². The lowest BCUT2D eigenvalue weighted by Gasteiger charge is -2.06. The fraction of sp³-hybridized carbons (Fsp3) is 0.167. The molecule has 0 atom stereocenters. The molecule has 0 N–H and O–H groups in total. The summed E-state index contributed by atoms with van der Waals surface area (Å²) in [5, 5.41) is 2.15. The molecule has 0 fully saturated rings. The molecule has 0 bridgehead atoms. The summed E-state index contributed by atoms with van der Waals surface area (Å²) in [4.78, 5) is 0. The second kappa shape index (κ2) is 3.58. The van der Waals surface area contributed by atoms with Gasteiger partial charge in [0.25, 0.3) is 0 Å². The van der Waals surface area contributed by atoms with Crippen LogP contribution in [0.15, 0.2) is 30.3 Å². The number of benzene rings is 2. The Bertz CT molecular complexity index is 449. The van der Waals surface area contributed by atoms with Crippen molar-refractivity contribution in [3.63, 3.8) is 0 Å². The van der Waals surface area contributed by atoms with Gasteiger partial charge < -0.3 is 9.47 Å². The van der Waals surface area contributed by atoms with Gasteiger partial charge in [-0.3, -0.25) is 0 Å². The quantitative estimate of drug-likeness (QED) is 0.719. The van der Waals surface area contributed by atoms with Gasteiger partial charge in [-0.05, 0) is 23.6 Å². The minimum Gasteiger partial charge on any atom is -0.496 e. The van der Waals surface area contributed by atoms with Crippen molar-refractivity contribution in [1.82, 2.24) is 0 Å². The van der Waals surface area contributed by atoms with Gasteiger partial charge in [-0.15, -0.1) is 0 Å². The van der Waals surface area contributed by atoms with E-state index in [2.05, 4.69) is 6.07 Å². The molecule has 1 radical (unpaired) electrons. The van der Waals surface area contributed by atoms with Crippen molar-refractivity contribution in [3.8, 4) is 11.5 Å². The minimum atomic E-state index is 0.741. The van der Waals surface area contributed by atoms with Crippen LogP contribution in [0, 0.1) is 6.07 Å².